The van der Waals surface area contributed by atoms with Crippen molar-refractivity contribution in [2.24, 2.45) is 0 Å². The van der Waals surface area contributed by atoms with E-state index in [-0.39, 0.29) is 13.2 Å². The largest absolute Gasteiger partial charge is 0.368 e. The van der Waals surface area contributed by atoms with Crippen LogP contribution in [0.4, 0.5) is 8.78 Å². The third-order valence-electron chi connectivity index (χ3n) is 2.65. The van der Waals surface area contributed by atoms with Crippen LogP contribution in [-0.4, -0.2) is 40.3 Å². The molecular weight excluding hydrogens is 216 g/mol. The molecule has 1 aliphatic rings. The van der Waals surface area contributed by atoms with Gasteiger partial charge in [-0.1, -0.05) is 0 Å². The number of imidazole rings is 1. The standard InChI is InChI=1S/C10H15F2N3O/c1-2-15-8-13-5-9(15)6-14-3-4-16-10(11,12)7-14/h5,8H,2-4,6-7H2,1H3. The quantitative estimate of drug-likeness (QED) is 0.786. The molecule has 1 saturated heterocycles. The van der Waals surface area contributed by atoms with E-state index in [1.54, 1.807) is 17.4 Å². The van der Waals surface area contributed by atoms with Gasteiger partial charge in [-0.25, -0.2) is 4.98 Å². The van der Waals surface area contributed by atoms with Crippen molar-refractivity contribution in [2.75, 3.05) is 19.7 Å². The molecule has 4 nitrogen and oxygen atoms in total. The molecule has 0 atom stereocenters. The van der Waals surface area contributed by atoms with Crippen molar-refractivity contribution in [3.63, 3.8) is 0 Å². The minimum Gasteiger partial charge on any atom is -0.334 e. The SMILES string of the molecule is CCn1cncc1CN1CCOC(F)(F)C1. The van der Waals surface area contributed by atoms with Crippen LogP contribution in [0.3, 0.4) is 0 Å². The Hall–Kier alpha value is -1.01. The first-order valence-corrected chi connectivity index (χ1v) is 5.34. The number of aryl methyl sites for hydroxylation is 1. The summed E-state index contributed by atoms with van der Waals surface area (Å²) in [5, 5.41) is 0. The van der Waals surface area contributed by atoms with Gasteiger partial charge in [0.1, 0.15) is 0 Å². The van der Waals surface area contributed by atoms with E-state index in [4.69, 9.17) is 0 Å². The Morgan fingerprint density at radius 3 is 3.06 bits per heavy atom. The Morgan fingerprint density at radius 1 is 1.56 bits per heavy atom. The number of hydrogen-bond acceptors (Lipinski definition) is 3. The third-order valence-corrected chi connectivity index (χ3v) is 2.65. The summed E-state index contributed by atoms with van der Waals surface area (Å²) >= 11 is 0. The van der Waals surface area contributed by atoms with Crippen molar-refractivity contribution in [3.05, 3.63) is 18.2 Å². The van der Waals surface area contributed by atoms with Crippen LogP contribution in [0, 0.1) is 0 Å². The lowest BCUT2D eigenvalue weighted by molar-refractivity contribution is -0.271. The van der Waals surface area contributed by atoms with Gasteiger partial charge in [-0.2, -0.15) is 8.78 Å². The van der Waals surface area contributed by atoms with Crippen LogP contribution in [0.5, 0.6) is 0 Å². The number of rotatable bonds is 3. The Labute approximate surface area is 92.8 Å². The number of hydrogen-bond donors (Lipinski definition) is 0. The van der Waals surface area contributed by atoms with Gasteiger partial charge in [0.05, 0.1) is 25.2 Å². The van der Waals surface area contributed by atoms with Crippen LogP contribution in [0.15, 0.2) is 12.5 Å². The topological polar surface area (TPSA) is 30.3 Å². The predicted octanol–water partition coefficient (Wildman–Crippen LogP) is 1.33. The second-order valence-electron chi connectivity index (χ2n) is 3.87. The van der Waals surface area contributed by atoms with Gasteiger partial charge in [-0.05, 0) is 6.92 Å². The van der Waals surface area contributed by atoms with Crippen molar-refractivity contribution in [1.82, 2.24) is 14.5 Å². The van der Waals surface area contributed by atoms with E-state index in [0.717, 1.165) is 12.2 Å². The smallest absolute Gasteiger partial charge is 0.334 e. The van der Waals surface area contributed by atoms with Gasteiger partial charge in [0, 0.05) is 25.8 Å². The van der Waals surface area contributed by atoms with Crippen molar-refractivity contribution >= 4 is 0 Å². The molecule has 0 N–H and O–H groups in total. The summed E-state index contributed by atoms with van der Waals surface area (Å²) in [7, 11) is 0. The Kier molecular flexibility index (Phi) is 3.20. The molecule has 0 saturated carbocycles. The van der Waals surface area contributed by atoms with Crippen LogP contribution in [-0.2, 0) is 17.8 Å². The van der Waals surface area contributed by atoms with Crippen LogP contribution in [0.25, 0.3) is 0 Å². The second kappa shape index (κ2) is 4.47. The van der Waals surface area contributed by atoms with Gasteiger partial charge in [-0.15, -0.1) is 0 Å². The molecule has 0 aliphatic carbocycles. The molecule has 1 aromatic rings. The molecule has 0 unspecified atom stereocenters. The van der Waals surface area contributed by atoms with Crippen LogP contribution >= 0.6 is 0 Å². The van der Waals surface area contributed by atoms with Gasteiger partial charge in [0.2, 0.25) is 0 Å². The van der Waals surface area contributed by atoms with E-state index in [9.17, 15) is 8.78 Å². The van der Waals surface area contributed by atoms with Crippen molar-refractivity contribution < 1.29 is 13.5 Å². The highest BCUT2D eigenvalue weighted by Crippen LogP contribution is 2.22. The lowest BCUT2D eigenvalue weighted by atomic mass is 10.3. The Balaban J connectivity index is 1.99. The molecule has 0 radical (unpaired) electrons. The lowest BCUT2D eigenvalue weighted by Gasteiger charge is -2.32. The summed E-state index contributed by atoms with van der Waals surface area (Å²) in [6.45, 7) is 3.56. The van der Waals surface area contributed by atoms with E-state index in [2.05, 4.69) is 9.72 Å². The zero-order chi connectivity index (χ0) is 11.6. The molecule has 1 fully saturated rings. The highest BCUT2D eigenvalue weighted by atomic mass is 19.3. The molecule has 0 bridgehead atoms. The maximum Gasteiger partial charge on any atom is 0.368 e. The molecule has 2 heterocycles. The first-order valence-electron chi connectivity index (χ1n) is 5.34. The molecule has 0 spiro atoms. The summed E-state index contributed by atoms with van der Waals surface area (Å²) in [6.07, 6.45) is 0.417. The normalized spacial score (nSPS) is 21.2. The lowest BCUT2D eigenvalue weighted by Crippen LogP contribution is -2.46. The molecule has 2 rings (SSSR count). The van der Waals surface area contributed by atoms with Gasteiger partial charge in [0.25, 0.3) is 0 Å². The van der Waals surface area contributed by atoms with Crippen LogP contribution < -0.4 is 0 Å². The second-order valence-corrected chi connectivity index (χ2v) is 3.87. The van der Waals surface area contributed by atoms with Crippen molar-refractivity contribution in [1.29, 1.82) is 0 Å². The summed E-state index contributed by atoms with van der Waals surface area (Å²) in [4.78, 5) is 5.70. The number of ether oxygens (including phenoxy) is 1. The number of nitrogens with zero attached hydrogens (tertiary/aromatic N) is 3. The molecule has 0 aromatic carbocycles. The highest BCUT2D eigenvalue weighted by molar-refractivity contribution is 4.98. The summed E-state index contributed by atoms with van der Waals surface area (Å²) in [5.74, 6) is 0. The highest BCUT2D eigenvalue weighted by Gasteiger charge is 2.36. The summed E-state index contributed by atoms with van der Waals surface area (Å²) in [5.41, 5.74) is 0.959. The first-order chi connectivity index (χ1) is 7.61. The molecule has 16 heavy (non-hydrogen) atoms. The third kappa shape index (κ3) is 2.56. The van der Waals surface area contributed by atoms with Gasteiger partial charge in [-0.3, -0.25) is 4.90 Å². The fourth-order valence-corrected chi connectivity index (χ4v) is 1.84. The Morgan fingerprint density at radius 2 is 2.38 bits per heavy atom. The van der Waals surface area contributed by atoms with Crippen molar-refractivity contribution in [2.45, 2.75) is 26.1 Å². The summed E-state index contributed by atoms with van der Waals surface area (Å²) < 4.78 is 32.3. The fraction of sp³-hybridized carbons (Fsp3) is 0.700. The zero-order valence-electron chi connectivity index (χ0n) is 9.20. The number of aromatic nitrogens is 2. The van der Waals surface area contributed by atoms with E-state index in [0.29, 0.717) is 13.1 Å². The molecule has 1 aromatic heterocycles. The van der Waals surface area contributed by atoms with E-state index < -0.39 is 6.11 Å². The number of alkyl halides is 2. The predicted molar refractivity (Wildman–Crippen MR) is 54.1 cm³/mol. The average Bonchev–Trinajstić information content (AvgIpc) is 2.63. The minimum atomic E-state index is -3.02. The number of halogens is 2. The molecule has 6 heteroatoms. The summed E-state index contributed by atoms with van der Waals surface area (Å²) in [6, 6.07) is 0. The van der Waals surface area contributed by atoms with Gasteiger partial charge >= 0.3 is 6.11 Å². The molecular formula is C10H15F2N3O. The molecule has 1 aliphatic heterocycles. The Bertz CT molecular complexity index is 354. The zero-order valence-corrected chi connectivity index (χ0v) is 9.20. The fourth-order valence-electron chi connectivity index (χ4n) is 1.84. The monoisotopic (exact) mass is 231 g/mol. The maximum absolute atomic E-state index is 13.0. The van der Waals surface area contributed by atoms with E-state index in [1.165, 1.54) is 0 Å². The van der Waals surface area contributed by atoms with Crippen LogP contribution in [0.2, 0.25) is 0 Å². The van der Waals surface area contributed by atoms with E-state index in [1.807, 2.05) is 11.5 Å². The molecule has 0 amide bonds. The van der Waals surface area contributed by atoms with E-state index >= 15 is 0 Å². The van der Waals surface area contributed by atoms with Gasteiger partial charge < -0.3 is 9.30 Å². The number of morpholine rings is 1. The first kappa shape index (κ1) is 11.5. The van der Waals surface area contributed by atoms with Gasteiger partial charge in [0.15, 0.2) is 0 Å². The minimum absolute atomic E-state index is 0.0766. The average molecular weight is 231 g/mol. The molecule has 90 valence electrons. The van der Waals surface area contributed by atoms with Crippen LogP contribution in [0.1, 0.15) is 12.6 Å². The maximum atomic E-state index is 13.0. The van der Waals surface area contributed by atoms with Crippen molar-refractivity contribution in [3.8, 4) is 0 Å².